The third-order valence-corrected chi connectivity index (χ3v) is 3.29. The Hall–Kier alpha value is -1.10. The summed E-state index contributed by atoms with van der Waals surface area (Å²) >= 11 is 3.40. The average molecular weight is 310 g/mol. The largest absolute Gasteiger partial charge is 0.466 e. The molecule has 1 atom stereocenters. The maximum atomic E-state index is 10.2. The number of halogens is 1. The smallest absolute Gasteiger partial charge is 0.136 e. The van der Waals surface area contributed by atoms with Gasteiger partial charge in [0.15, 0.2) is 0 Å². The monoisotopic (exact) mass is 309 g/mol. The molecule has 0 fully saturated rings. The van der Waals surface area contributed by atoms with E-state index in [0.29, 0.717) is 18.8 Å². The van der Waals surface area contributed by atoms with E-state index in [2.05, 4.69) is 21.2 Å². The zero-order valence-electron chi connectivity index (χ0n) is 10.2. The van der Waals surface area contributed by atoms with E-state index >= 15 is 0 Å². The lowest BCUT2D eigenvalue weighted by molar-refractivity contribution is 0.0340. The third kappa shape index (κ3) is 3.45. The quantitative estimate of drug-likeness (QED) is 0.892. The van der Waals surface area contributed by atoms with Crippen LogP contribution in [0.2, 0.25) is 0 Å². The van der Waals surface area contributed by atoms with E-state index in [-0.39, 0.29) is 0 Å². The normalized spacial score (nSPS) is 14.4. The van der Waals surface area contributed by atoms with Crippen LogP contribution in [0.15, 0.2) is 51.6 Å². The Bertz CT molecular complexity index is 477. The van der Waals surface area contributed by atoms with Gasteiger partial charge < -0.3 is 14.8 Å². The number of hydrogen-bond donors (Lipinski definition) is 2. The predicted molar refractivity (Wildman–Crippen MR) is 74.1 cm³/mol. The predicted octanol–water partition coefficient (Wildman–Crippen LogP) is 3.04. The van der Waals surface area contributed by atoms with Crippen molar-refractivity contribution in [1.29, 1.82) is 0 Å². The molecule has 1 aromatic carbocycles. The van der Waals surface area contributed by atoms with Gasteiger partial charge in [0.25, 0.3) is 0 Å². The fourth-order valence-corrected chi connectivity index (χ4v) is 1.99. The summed E-state index contributed by atoms with van der Waals surface area (Å²) in [7, 11) is 0. The summed E-state index contributed by atoms with van der Waals surface area (Å²) in [4.78, 5) is 0. The molecular weight excluding hydrogens is 294 g/mol. The number of hydrogen-bond acceptors (Lipinski definition) is 3. The van der Waals surface area contributed by atoms with Crippen LogP contribution in [-0.4, -0.2) is 11.7 Å². The van der Waals surface area contributed by atoms with Crippen LogP contribution in [0.5, 0.6) is 0 Å². The van der Waals surface area contributed by atoms with Gasteiger partial charge in [0, 0.05) is 17.6 Å². The summed E-state index contributed by atoms with van der Waals surface area (Å²) in [5.41, 5.74) is 0.187. The Morgan fingerprint density at radius 3 is 2.61 bits per heavy atom. The topological polar surface area (TPSA) is 45.4 Å². The summed E-state index contributed by atoms with van der Waals surface area (Å²) in [6.45, 7) is 2.89. The standard InChI is InChI=1S/C14H16BrNO2/c1-14(17,13-3-2-8-18-13)10-16-9-11-4-6-12(15)7-5-11/h2-8,16-17H,9-10H2,1H3. The molecule has 3 nitrogen and oxygen atoms in total. The van der Waals surface area contributed by atoms with Crippen LogP contribution in [0.3, 0.4) is 0 Å². The number of benzene rings is 1. The average Bonchev–Trinajstić information content (AvgIpc) is 2.86. The van der Waals surface area contributed by atoms with Gasteiger partial charge in [-0.05, 0) is 36.8 Å². The van der Waals surface area contributed by atoms with E-state index in [1.807, 2.05) is 24.3 Å². The van der Waals surface area contributed by atoms with Crippen molar-refractivity contribution in [2.45, 2.75) is 19.1 Å². The molecule has 0 aliphatic rings. The van der Waals surface area contributed by atoms with Crippen LogP contribution in [0.1, 0.15) is 18.2 Å². The third-order valence-electron chi connectivity index (χ3n) is 2.76. The zero-order valence-corrected chi connectivity index (χ0v) is 11.8. The first-order valence-electron chi connectivity index (χ1n) is 5.79. The second-order valence-corrected chi connectivity index (χ2v) is 5.40. The molecule has 0 saturated carbocycles. The lowest BCUT2D eigenvalue weighted by Crippen LogP contribution is -2.34. The minimum absolute atomic E-state index is 0.441. The molecule has 2 rings (SSSR count). The highest BCUT2D eigenvalue weighted by atomic mass is 79.9. The van der Waals surface area contributed by atoms with E-state index in [4.69, 9.17) is 4.42 Å². The molecule has 1 unspecified atom stereocenters. The van der Waals surface area contributed by atoms with Crippen LogP contribution in [0, 0.1) is 0 Å². The first kappa shape index (κ1) is 13.3. The molecule has 0 aliphatic heterocycles. The van der Waals surface area contributed by atoms with Gasteiger partial charge in [-0.15, -0.1) is 0 Å². The van der Waals surface area contributed by atoms with E-state index in [0.717, 1.165) is 4.47 Å². The van der Waals surface area contributed by atoms with Crippen LogP contribution in [0.25, 0.3) is 0 Å². The van der Waals surface area contributed by atoms with E-state index in [1.165, 1.54) is 5.56 Å². The number of nitrogens with one attached hydrogen (secondary N) is 1. The van der Waals surface area contributed by atoms with E-state index in [9.17, 15) is 5.11 Å². The SMILES string of the molecule is CC(O)(CNCc1ccc(Br)cc1)c1ccco1. The van der Waals surface area contributed by atoms with Crippen molar-refractivity contribution < 1.29 is 9.52 Å². The summed E-state index contributed by atoms with van der Waals surface area (Å²) in [6.07, 6.45) is 1.57. The van der Waals surface area contributed by atoms with Crippen molar-refractivity contribution in [3.05, 3.63) is 58.5 Å². The minimum Gasteiger partial charge on any atom is -0.466 e. The van der Waals surface area contributed by atoms with Crippen molar-refractivity contribution in [3.63, 3.8) is 0 Å². The Morgan fingerprint density at radius 2 is 2.00 bits per heavy atom. The van der Waals surface area contributed by atoms with Gasteiger partial charge in [-0.2, -0.15) is 0 Å². The van der Waals surface area contributed by atoms with Crippen molar-refractivity contribution in [3.8, 4) is 0 Å². The molecule has 2 aromatic rings. The summed E-state index contributed by atoms with van der Waals surface area (Å²) in [5.74, 6) is 0.575. The van der Waals surface area contributed by atoms with Crippen LogP contribution < -0.4 is 5.32 Å². The lowest BCUT2D eigenvalue weighted by atomic mass is 10.0. The molecule has 0 aliphatic carbocycles. The van der Waals surface area contributed by atoms with Crippen molar-refractivity contribution in [2.75, 3.05) is 6.54 Å². The molecule has 1 aromatic heterocycles. The van der Waals surface area contributed by atoms with Crippen molar-refractivity contribution in [2.24, 2.45) is 0 Å². The second kappa shape index (κ2) is 5.69. The van der Waals surface area contributed by atoms with Gasteiger partial charge in [0.05, 0.1) is 6.26 Å². The van der Waals surface area contributed by atoms with E-state index in [1.54, 1.807) is 25.3 Å². The summed E-state index contributed by atoms with van der Waals surface area (Å²) < 4.78 is 6.28. The molecule has 18 heavy (non-hydrogen) atoms. The number of rotatable bonds is 5. The Labute approximate surface area is 115 Å². The fraction of sp³-hybridized carbons (Fsp3) is 0.286. The molecule has 0 bridgehead atoms. The Morgan fingerprint density at radius 1 is 1.28 bits per heavy atom. The maximum absolute atomic E-state index is 10.2. The van der Waals surface area contributed by atoms with Gasteiger partial charge in [0.1, 0.15) is 11.4 Å². The first-order valence-corrected chi connectivity index (χ1v) is 6.59. The van der Waals surface area contributed by atoms with E-state index < -0.39 is 5.60 Å². The molecule has 0 spiro atoms. The molecule has 0 saturated heterocycles. The molecule has 1 heterocycles. The molecular formula is C14H16BrNO2. The fourth-order valence-electron chi connectivity index (χ4n) is 1.72. The molecule has 0 radical (unpaired) electrons. The highest BCUT2D eigenvalue weighted by Gasteiger charge is 2.25. The zero-order chi connectivity index (χ0) is 13.0. The highest BCUT2D eigenvalue weighted by molar-refractivity contribution is 9.10. The Balaban J connectivity index is 1.87. The van der Waals surface area contributed by atoms with Crippen LogP contribution in [-0.2, 0) is 12.1 Å². The number of aliphatic hydroxyl groups is 1. The van der Waals surface area contributed by atoms with Gasteiger partial charge in [0.2, 0.25) is 0 Å². The molecule has 4 heteroatoms. The number of furan rings is 1. The second-order valence-electron chi connectivity index (χ2n) is 4.48. The molecule has 96 valence electrons. The first-order chi connectivity index (χ1) is 8.58. The van der Waals surface area contributed by atoms with Gasteiger partial charge >= 0.3 is 0 Å². The molecule has 0 amide bonds. The van der Waals surface area contributed by atoms with Gasteiger partial charge in [-0.25, -0.2) is 0 Å². The van der Waals surface area contributed by atoms with Gasteiger partial charge in [-0.3, -0.25) is 0 Å². The van der Waals surface area contributed by atoms with Crippen molar-refractivity contribution >= 4 is 15.9 Å². The lowest BCUT2D eigenvalue weighted by Gasteiger charge is -2.21. The van der Waals surface area contributed by atoms with Crippen LogP contribution in [0.4, 0.5) is 0 Å². The minimum atomic E-state index is -0.987. The van der Waals surface area contributed by atoms with Crippen LogP contribution >= 0.6 is 15.9 Å². The summed E-state index contributed by atoms with van der Waals surface area (Å²) in [6, 6.07) is 11.6. The van der Waals surface area contributed by atoms with Crippen molar-refractivity contribution in [1.82, 2.24) is 5.32 Å². The molecule has 2 N–H and O–H groups in total. The van der Waals surface area contributed by atoms with Gasteiger partial charge in [-0.1, -0.05) is 28.1 Å². The Kier molecular flexibility index (Phi) is 4.22. The highest BCUT2D eigenvalue weighted by Crippen LogP contribution is 2.20. The maximum Gasteiger partial charge on any atom is 0.136 e. The summed E-state index contributed by atoms with van der Waals surface area (Å²) in [5, 5.41) is 13.5.